The van der Waals surface area contributed by atoms with Crippen LogP contribution in [0.2, 0.25) is 0 Å². The lowest BCUT2D eigenvalue weighted by atomic mass is 10.3. The Hall–Kier alpha value is -2.88. The molecule has 20 heavy (non-hydrogen) atoms. The minimum atomic E-state index is -2.18. The van der Waals surface area contributed by atoms with Crippen LogP contribution in [0.25, 0.3) is 0 Å². The first-order valence-electron chi connectivity index (χ1n) is 5.47. The molecule has 0 aliphatic rings. The number of hydrogen-bond acceptors (Lipinski definition) is 5. The summed E-state index contributed by atoms with van der Waals surface area (Å²) in [6.45, 7) is 0. The molecular weight excluding hydrogens is 275 g/mol. The van der Waals surface area contributed by atoms with Gasteiger partial charge in [0.15, 0.2) is 23.6 Å². The van der Waals surface area contributed by atoms with Crippen molar-refractivity contribution in [3.8, 4) is 23.6 Å². The second-order valence-corrected chi connectivity index (χ2v) is 4.07. The molecule has 0 fully saturated rings. The fourth-order valence-electron chi connectivity index (χ4n) is 1.15. The van der Waals surface area contributed by atoms with Gasteiger partial charge in [-0.1, -0.05) is 36.4 Å². The molecule has 0 N–H and O–H groups in total. The van der Waals surface area contributed by atoms with Crippen molar-refractivity contribution in [3.05, 3.63) is 60.7 Å². The van der Waals surface area contributed by atoms with Crippen LogP contribution in [0.15, 0.2) is 60.7 Å². The van der Waals surface area contributed by atoms with E-state index in [1.165, 1.54) is 12.1 Å². The van der Waals surface area contributed by atoms with Crippen molar-refractivity contribution < 1.29 is 13.6 Å². The summed E-state index contributed by atoms with van der Waals surface area (Å²) in [6, 6.07) is 20.3. The van der Waals surface area contributed by atoms with Crippen LogP contribution in [0.4, 0.5) is 0 Å². The SMILES string of the molecule is N#CC#N.O=[P+](Oc1ccccc1)Oc1ccccc1. The van der Waals surface area contributed by atoms with E-state index in [-0.39, 0.29) is 0 Å². The summed E-state index contributed by atoms with van der Waals surface area (Å²) in [7, 11) is -2.18. The van der Waals surface area contributed by atoms with Crippen LogP contribution >= 0.6 is 8.25 Å². The summed E-state index contributed by atoms with van der Waals surface area (Å²) < 4.78 is 21.7. The smallest absolute Gasteiger partial charge is 0.222 e. The molecule has 2 aromatic carbocycles. The minimum absolute atomic E-state index is 0.527. The zero-order valence-electron chi connectivity index (χ0n) is 10.3. The lowest BCUT2D eigenvalue weighted by Crippen LogP contribution is -1.87. The van der Waals surface area contributed by atoms with Gasteiger partial charge in [0.25, 0.3) is 0 Å². The van der Waals surface area contributed by atoms with Gasteiger partial charge in [0.05, 0.1) is 0 Å². The van der Waals surface area contributed by atoms with Crippen molar-refractivity contribution in [1.29, 1.82) is 10.5 Å². The largest absolute Gasteiger partial charge is 0.805 e. The second-order valence-electron chi connectivity index (χ2n) is 3.26. The predicted octanol–water partition coefficient (Wildman–Crippen LogP) is 3.84. The Kier molecular flexibility index (Phi) is 6.91. The van der Waals surface area contributed by atoms with E-state index in [0.717, 1.165) is 0 Å². The fourth-order valence-corrected chi connectivity index (χ4v) is 1.78. The zero-order valence-corrected chi connectivity index (χ0v) is 11.2. The van der Waals surface area contributed by atoms with E-state index in [1.54, 1.807) is 48.5 Å². The minimum Gasteiger partial charge on any atom is -0.222 e. The first-order chi connectivity index (χ1) is 9.76. The topological polar surface area (TPSA) is 83.1 Å². The average Bonchev–Trinajstić information content (AvgIpc) is 2.49. The Bertz CT molecular complexity index is 563. The van der Waals surface area contributed by atoms with E-state index in [2.05, 4.69) is 0 Å². The van der Waals surface area contributed by atoms with Crippen LogP contribution in [-0.2, 0) is 4.57 Å². The third-order valence-electron chi connectivity index (χ3n) is 1.90. The molecule has 0 spiro atoms. The molecule has 0 amide bonds. The van der Waals surface area contributed by atoms with E-state index in [4.69, 9.17) is 19.6 Å². The Morgan fingerprint density at radius 1 is 0.750 bits per heavy atom. The van der Waals surface area contributed by atoms with Gasteiger partial charge in [-0.05, 0) is 24.3 Å². The van der Waals surface area contributed by atoms with Crippen LogP contribution < -0.4 is 9.05 Å². The molecule has 5 nitrogen and oxygen atoms in total. The first kappa shape index (κ1) is 15.2. The maximum Gasteiger partial charge on any atom is 0.805 e. The Morgan fingerprint density at radius 2 is 1.10 bits per heavy atom. The summed E-state index contributed by atoms with van der Waals surface area (Å²) in [5, 5.41) is 14.5. The van der Waals surface area contributed by atoms with Crippen molar-refractivity contribution in [2.75, 3.05) is 0 Å². The van der Waals surface area contributed by atoms with Crippen molar-refractivity contribution in [3.63, 3.8) is 0 Å². The molecule has 2 rings (SSSR count). The molecule has 0 aliphatic carbocycles. The van der Waals surface area contributed by atoms with Crippen LogP contribution in [0.5, 0.6) is 11.5 Å². The summed E-state index contributed by atoms with van der Waals surface area (Å²) in [5.41, 5.74) is 0. The molecule has 0 aromatic heterocycles. The number of rotatable bonds is 4. The molecule has 0 aliphatic heterocycles. The fraction of sp³-hybridized carbons (Fsp3) is 0. The van der Waals surface area contributed by atoms with E-state index < -0.39 is 8.25 Å². The number of hydrogen-bond donors (Lipinski definition) is 0. The van der Waals surface area contributed by atoms with Crippen molar-refractivity contribution >= 4 is 8.25 Å². The molecule has 0 unspecified atom stereocenters. The van der Waals surface area contributed by atoms with Gasteiger partial charge in [-0.15, -0.1) is 0 Å². The molecule has 6 heteroatoms. The highest BCUT2D eigenvalue weighted by atomic mass is 31.1. The van der Waals surface area contributed by atoms with Crippen LogP contribution in [0.3, 0.4) is 0 Å². The zero-order chi connectivity index (χ0) is 14.6. The molecule has 0 saturated carbocycles. The molecular formula is C14H10N2O3P+. The lowest BCUT2D eigenvalue weighted by Gasteiger charge is -1.92. The number of para-hydroxylation sites is 2. The van der Waals surface area contributed by atoms with Crippen LogP contribution in [0, 0.1) is 22.7 Å². The summed E-state index contributed by atoms with van der Waals surface area (Å²) >= 11 is 0. The molecule has 0 saturated heterocycles. The van der Waals surface area contributed by atoms with Gasteiger partial charge < -0.3 is 0 Å². The second kappa shape index (κ2) is 9.10. The van der Waals surface area contributed by atoms with Gasteiger partial charge in [-0.3, -0.25) is 0 Å². The Morgan fingerprint density at radius 3 is 1.40 bits per heavy atom. The van der Waals surface area contributed by atoms with Crippen molar-refractivity contribution in [2.24, 2.45) is 0 Å². The Balaban J connectivity index is 0.000000444. The molecule has 0 radical (unpaired) electrons. The predicted molar refractivity (Wildman–Crippen MR) is 73.0 cm³/mol. The average molecular weight is 285 g/mol. The number of benzene rings is 2. The van der Waals surface area contributed by atoms with Gasteiger partial charge in [-0.2, -0.15) is 10.5 Å². The van der Waals surface area contributed by atoms with E-state index >= 15 is 0 Å². The van der Waals surface area contributed by atoms with Crippen LogP contribution in [-0.4, -0.2) is 0 Å². The molecule has 0 atom stereocenters. The van der Waals surface area contributed by atoms with Gasteiger partial charge in [0, 0.05) is 4.57 Å². The van der Waals surface area contributed by atoms with Crippen molar-refractivity contribution in [1.82, 2.24) is 0 Å². The van der Waals surface area contributed by atoms with Crippen molar-refractivity contribution in [2.45, 2.75) is 0 Å². The molecule has 0 heterocycles. The van der Waals surface area contributed by atoms with Gasteiger partial charge in [0.2, 0.25) is 0 Å². The highest BCUT2D eigenvalue weighted by molar-refractivity contribution is 7.34. The summed E-state index contributed by atoms with van der Waals surface area (Å²) in [5.74, 6) is 1.05. The normalized spacial score (nSPS) is 8.10. The Labute approximate surface area is 117 Å². The molecule has 0 bridgehead atoms. The van der Waals surface area contributed by atoms with E-state index in [1.807, 2.05) is 12.1 Å². The maximum absolute atomic E-state index is 11.5. The molecule has 98 valence electrons. The third-order valence-corrected chi connectivity index (χ3v) is 2.62. The maximum atomic E-state index is 11.5. The van der Waals surface area contributed by atoms with E-state index in [0.29, 0.717) is 11.5 Å². The van der Waals surface area contributed by atoms with Crippen LogP contribution in [0.1, 0.15) is 0 Å². The highest BCUT2D eigenvalue weighted by Gasteiger charge is 2.23. The van der Waals surface area contributed by atoms with Gasteiger partial charge in [-0.25, -0.2) is 9.05 Å². The molecule has 2 aromatic rings. The number of nitriles is 2. The monoisotopic (exact) mass is 285 g/mol. The summed E-state index contributed by atoms with van der Waals surface area (Å²) in [6.07, 6.45) is 0. The first-order valence-corrected chi connectivity index (χ1v) is 6.57. The highest BCUT2D eigenvalue weighted by Crippen LogP contribution is 2.29. The standard InChI is InChI=1S/C12H10O3P.C2N2/c13-16(14-11-7-3-1-4-8-11)15-12-9-5-2-6-10-12;3-1-2-4/h1-10H;/q+1;. The van der Waals surface area contributed by atoms with Gasteiger partial charge in [0.1, 0.15) is 0 Å². The van der Waals surface area contributed by atoms with E-state index in [9.17, 15) is 4.57 Å². The summed E-state index contributed by atoms with van der Waals surface area (Å²) in [4.78, 5) is 0. The van der Waals surface area contributed by atoms with Gasteiger partial charge >= 0.3 is 8.25 Å². The number of nitrogens with zero attached hydrogens (tertiary/aromatic N) is 2. The lowest BCUT2D eigenvalue weighted by molar-refractivity contribution is 0.415. The quantitative estimate of drug-likeness (QED) is 0.797. The third kappa shape index (κ3) is 6.16.